The third-order valence-corrected chi connectivity index (χ3v) is 5.57. The van der Waals surface area contributed by atoms with Crippen molar-refractivity contribution < 1.29 is 27.8 Å². The topological polar surface area (TPSA) is 60.0 Å². The molecule has 2 amide bonds. The zero-order chi connectivity index (χ0) is 20.3. The van der Waals surface area contributed by atoms with Crippen LogP contribution in [0.3, 0.4) is 0 Å². The molecule has 1 fully saturated rings. The average molecular weight is 410 g/mol. The molecule has 1 unspecified atom stereocenters. The molecule has 150 valence electrons. The van der Waals surface area contributed by atoms with Crippen molar-refractivity contribution in [1.29, 1.82) is 0 Å². The minimum Gasteiger partial charge on any atom is -0.496 e. The van der Waals surface area contributed by atoms with Crippen LogP contribution in [0, 0.1) is 11.6 Å². The van der Waals surface area contributed by atoms with Crippen molar-refractivity contribution in [3.05, 3.63) is 47.5 Å². The fourth-order valence-electron chi connectivity index (χ4n) is 2.96. The molecule has 0 aliphatic carbocycles. The van der Waals surface area contributed by atoms with E-state index < -0.39 is 17.7 Å². The number of anilines is 1. The highest BCUT2D eigenvalue weighted by Crippen LogP contribution is 2.46. The van der Waals surface area contributed by atoms with Crippen molar-refractivity contribution in [3.63, 3.8) is 0 Å². The Morgan fingerprint density at radius 3 is 2.39 bits per heavy atom. The first-order chi connectivity index (χ1) is 13.5. The molecule has 0 spiro atoms. The SMILES string of the molecule is COc1cc(OC)c(C2SCCN2C(=O)Nc2ccc(F)cc2F)cc1OC. The van der Waals surface area contributed by atoms with E-state index in [-0.39, 0.29) is 11.1 Å². The lowest BCUT2D eigenvalue weighted by Crippen LogP contribution is -2.34. The molecule has 0 radical (unpaired) electrons. The molecule has 2 aromatic carbocycles. The molecular weight excluding hydrogens is 390 g/mol. The number of amides is 2. The van der Waals surface area contributed by atoms with Crippen LogP contribution in [0.4, 0.5) is 19.3 Å². The van der Waals surface area contributed by atoms with Crippen molar-refractivity contribution in [1.82, 2.24) is 4.90 Å². The predicted octanol–water partition coefficient (Wildman–Crippen LogP) is 4.27. The van der Waals surface area contributed by atoms with E-state index in [0.717, 1.165) is 17.7 Å². The number of halogens is 2. The molecule has 1 aliphatic rings. The highest BCUT2D eigenvalue weighted by atomic mass is 32.2. The third kappa shape index (κ3) is 3.94. The lowest BCUT2D eigenvalue weighted by Gasteiger charge is -2.26. The fourth-order valence-corrected chi connectivity index (χ4v) is 4.23. The molecule has 3 rings (SSSR count). The van der Waals surface area contributed by atoms with E-state index in [2.05, 4.69) is 5.32 Å². The number of ether oxygens (including phenoxy) is 3. The van der Waals surface area contributed by atoms with Gasteiger partial charge in [-0.3, -0.25) is 0 Å². The average Bonchev–Trinajstić information content (AvgIpc) is 3.18. The number of nitrogens with one attached hydrogen (secondary N) is 1. The number of hydrogen-bond donors (Lipinski definition) is 1. The summed E-state index contributed by atoms with van der Waals surface area (Å²) in [6.45, 7) is 0.460. The first kappa shape index (κ1) is 20.1. The van der Waals surface area contributed by atoms with Gasteiger partial charge in [0.05, 0.1) is 27.0 Å². The molecule has 28 heavy (non-hydrogen) atoms. The number of thioether (sulfide) groups is 1. The van der Waals surface area contributed by atoms with Crippen LogP contribution in [0.25, 0.3) is 0 Å². The van der Waals surface area contributed by atoms with Crippen LogP contribution >= 0.6 is 11.8 Å². The van der Waals surface area contributed by atoms with Gasteiger partial charge in [-0.05, 0) is 18.2 Å². The van der Waals surface area contributed by atoms with Gasteiger partial charge in [-0.15, -0.1) is 11.8 Å². The summed E-state index contributed by atoms with van der Waals surface area (Å²) in [5, 5.41) is 2.14. The smallest absolute Gasteiger partial charge is 0.323 e. The number of carbonyl (C=O) groups is 1. The van der Waals surface area contributed by atoms with Crippen LogP contribution in [-0.2, 0) is 0 Å². The van der Waals surface area contributed by atoms with Gasteiger partial charge >= 0.3 is 6.03 Å². The van der Waals surface area contributed by atoms with Crippen LogP contribution in [0.5, 0.6) is 17.2 Å². The lowest BCUT2D eigenvalue weighted by molar-refractivity contribution is 0.213. The molecule has 1 saturated heterocycles. The van der Waals surface area contributed by atoms with E-state index in [0.29, 0.717) is 29.5 Å². The molecule has 1 atom stereocenters. The van der Waals surface area contributed by atoms with E-state index in [1.807, 2.05) is 0 Å². The number of rotatable bonds is 5. The van der Waals surface area contributed by atoms with Crippen molar-refractivity contribution in [3.8, 4) is 17.2 Å². The third-order valence-electron chi connectivity index (χ3n) is 4.33. The van der Waals surface area contributed by atoms with Gasteiger partial charge in [-0.1, -0.05) is 0 Å². The number of benzene rings is 2. The Hall–Kier alpha value is -2.68. The summed E-state index contributed by atoms with van der Waals surface area (Å²) in [7, 11) is 4.58. The molecule has 9 heteroatoms. The number of carbonyl (C=O) groups excluding carboxylic acids is 1. The van der Waals surface area contributed by atoms with E-state index in [4.69, 9.17) is 14.2 Å². The highest BCUT2D eigenvalue weighted by molar-refractivity contribution is 7.99. The monoisotopic (exact) mass is 410 g/mol. The van der Waals surface area contributed by atoms with Crippen molar-refractivity contribution in [2.75, 3.05) is 38.9 Å². The zero-order valence-corrected chi connectivity index (χ0v) is 16.4. The molecule has 1 aliphatic heterocycles. The fraction of sp³-hybridized carbons (Fsp3) is 0.316. The normalized spacial score (nSPS) is 16.0. The molecule has 6 nitrogen and oxygen atoms in total. The summed E-state index contributed by atoms with van der Waals surface area (Å²) in [6.07, 6.45) is 0. The van der Waals surface area contributed by atoms with E-state index >= 15 is 0 Å². The summed E-state index contributed by atoms with van der Waals surface area (Å²) >= 11 is 1.55. The van der Waals surface area contributed by atoms with Gasteiger partial charge in [0.25, 0.3) is 0 Å². The molecule has 2 aromatic rings. The Kier molecular flexibility index (Phi) is 6.13. The Morgan fingerprint density at radius 2 is 1.75 bits per heavy atom. The molecular formula is C19H20F2N2O4S. The first-order valence-corrected chi connectivity index (χ1v) is 9.47. The van der Waals surface area contributed by atoms with Gasteiger partial charge in [-0.25, -0.2) is 13.6 Å². The Morgan fingerprint density at radius 1 is 1.07 bits per heavy atom. The maximum absolute atomic E-state index is 13.9. The van der Waals surface area contributed by atoms with E-state index in [1.165, 1.54) is 27.4 Å². The number of hydrogen-bond acceptors (Lipinski definition) is 5. The van der Waals surface area contributed by atoms with Crippen LogP contribution in [0.2, 0.25) is 0 Å². The Bertz CT molecular complexity index is 881. The second kappa shape index (κ2) is 8.55. The van der Waals surface area contributed by atoms with Crippen LogP contribution in [-0.4, -0.2) is 44.6 Å². The quantitative estimate of drug-likeness (QED) is 0.798. The second-order valence-corrected chi connectivity index (χ2v) is 7.11. The lowest BCUT2D eigenvalue weighted by atomic mass is 10.1. The van der Waals surface area contributed by atoms with Gasteiger partial charge in [0, 0.05) is 30.0 Å². The van der Waals surface area contributed by atoms with Gasteiger partial charge in [0.15, 0.2) is 11.5 Å². The van der Waals surface area contributed by atoms with Crippen LogP contribution < -0.4 is 19.5 Å². The van der Waals surface area contributed by atoms with Crippen molar-refractivity contribution in [2.24, 2.45) is 0 Å². The molecule has 0 saturated carbocycles. The predicted molar refractivity (Wildman–Crippen MR) is 103 cm³/mol. The number of methoxy groups -OCH3 is 3. The molecule has 0 bridgehead atoms. The highest BCUT2D eigenvalue weighted by Gasteiger charge is 2.34. The molecule has 1 N–H and O–H groups in total. The maximum Gasteiger partial charge on any atom is 0.323 e. The standard InChI is InChI=1S/C19H20F2N2O4S/c1-25-15-10-17(27-3)16(26-2)9-12(15)18-23(6-7-28-18)19(24)22-14-5-4-11(20)8-13(14)21/h4-5,8-10,18H,6-7H2,1-3H3,(H,22,24). The summed E-state index contributed by atoms with van der Waals surface area (Å²) in [4.78, 5) is 14.3. The maximum atomic E-state index is 13.9. The summed E-state index contributed by atoms with van der Waals surface area (Å²) in [6, 6.07) is 5.98. The van der Waals surface area contributed by atoms with Crippen LogP contribution in [0.15, 0.2) is 30.3 Å². The zero-order valence-electron chi connectivity index (χ0n) is 15.6. The van der Waals surface area contributed by atoms with Gasteiger partial charge in [0.1, 0.15) is 22.8 Å². The van der Waals surface area contributed by atoms with Gasteiger partial charge in [0.2, 0.25) is 0 Å². The number of nitrogens with zero attached hydrogens (tertiary/aromatic N) is 1. The second-order valence-electron chi connectivity index (χ2n) is 5.92. The van der Waals surface area contributed by atoms with Crippen molar-refractivity contribution >= 4 is 23.5 Å². The first-order valence-electron chi connectivity index (χ1n) is 8.42. The van der Waals surface area contributed by atoms with E-state index in [9.17, 15) is 13.6 Å². The summed E-state index contributed by atoms with van der Waals surface area (Å²) in [5.74, 6) is 0.719. The molecule has 1 heterocycles. The number of urea groups is 1. The van der Waals surface area contributed by atoms with Gasteiger partial charge < -0.3 is 24.4 Å². The summed E-state index contributed by atoms with van der Waals surface area (Å²) in [5.41, 5.74) is 0.652. The van der Waals surface area contributed by atoms with Crippen molar-refractivity contribution in [2.45, 2.75) is 5.37 Å². The molecule has 0 aromatic heterocycles. The Labute approximate surface area is 165 Å². The minimum absolute atomic E-state index is 0.0821. The van der Waals surface area contributed by atoms with E-state index in [1.54, 1.807) is 28.8 Å². The summed E-state index contributed by atoms with van der Waals surface area (Å²) < 4.78 is 43.1. The largest absolute Gasteiger partial charge is 0.496 e. The minimum atomic E-state index is -0.833. The Balaban J connectivity index is 1.89. The van der Waals surface area contributed by atoms with Gasteiger partial charge in [-0.2, -0.15) is 0 Å². The van der Waals surface area contributed by atoms with Crippen LogP contribution in [0.1, 0.15) is 10.9 Å².